The van der Waals surface area contributed by atoms with Gasteiger partial charge >= 0.3 is 12.2 Å². The Morgan fingerprint density at radius 1 is 1.02 bits per heavy atom. The maximum absolute atomic E-state index is 14.6. The van der Waals surface area contributed by atoms with Crippen LogP contribution in [0.1, 0.15) is 116 Å². The summed E-state index contributed by atoms with van der Waals surface area (Å²) in [4.78, 5) is 72.5. The van der Waals surface area contributed by atoms with Crippen molar-refractivity contribution in [2.75, 3.05) is 6.54 Å². The predicted octanol–water partition coefficient (Wildman–Crippen LogP) is 4.04. The maximum atomic E-state index is 14.6. The number of sulfonamides is 1. The van der Waals surface area contributed by atoms with Crippen LogP contribution in [0.2, 0.25) is 0 Å². The second kappa shape index (κ2) is 14.0. The van der Waals surface area contributed by atoms with Gasteiger partial charge in [0.15, 0.2) is 0 Å². The van der Waals surface area contributed by atoms with E-state index in [4.69, 9.17) is 9.47 Å². The first kappa shape index (κ1) is 38.4. The first-order valence-corrected chi connectivity index (χ1v) is 21.2. The summed E-state index contributed by atoms with van der Waals surface area (Å²) in [5.74, 6) is -2.08. The molecule has 0 radical (unpaired) electrons. The molecule has 0 aromatic heterocycles. The van der Waals surface area contributed by atoms with Gasteiger partial charge < -0.3 is 25.0 Å². The third kappa shape index (κ3) is 7.66. The molecule has 3 heterocycles. The van der Waals surface area contributed by atoms with Crippen molar-refractivity contribution in [3.8, 4) is 0 Å². The quantitative estimate of drug-likeness (QED) is 0.385. The summed E-state index contributed by atoms with van der Waals surface area (Å²) >= 11 is 0. The largest absolute Gasteiger partial charge is 0.444 e. The molecule has 3 aliphatic carbocycles. The number of rotatable bonds is 6. The SMILES string of the molecule is CC[C@@H]1C[C@]1(NC(=O)[C@@H]1C[C@@H]2CN1C(=O)[C@H](C(C)(C)C)NC(=O)O[C@]1(C)C[C@H]1CCCCCc1cccc3c1CN(C3)C(=O)O2)C(=O)NS(=O)(=O)C1CC1. The van der Waals surface area contributed by atoms with Crippen molar-refractivity contribution in [3.05, 3.63) is 34.9 Å². The zero-order valence-electron chi connectivity index (χ0n) is 32.1. The Labute approximate surface area is 317 Å². The predicted molar refractivity (Wildman–Crippen MR) is 197 cm³/mol. The highest BCUT2D eigenvalue weighted by molar-refractivity contribution is 7.91. The van der Waals surface area contributed by atoms with Gasteiger partial charge in [0.05, 0.1) is 11.8 Å². The number of carbonyl (C=O) groups excluding carboxylic acids is 5. The lowest BCUT2D eigenvalue weighted by Crippen LogP contribution is -2.60. The Kier molecular flexibility index (Phi) is 9.96. The average molecular weight is 770 g/mol. The summed E-state index contributed by atoms with van der Waals surface area (Å²) in [5.41, 5.74) is 0.510. The van der Waals surface area contributed by atoms with Gasteiger partial charge in [-0.2, -0.15) is 0 Å². The van der Waals surface area contributed by atoms with Crippen LogP contribution in [0.15, 0.2) is 18.2 Å². The molecule has 6 aliphatic rings. The molecule has 7 atom stereocenters. The number of hydrogen-bond donors (Lipinski definition) is 3. The molecule has 0 spiro atoms. The number of fused-ring (bicyclic) bond motifs is 4. The van der Waals surface area contributed by atoms with Gasteiger partial charge in [0.2, 0.25) is 21.8 Å². The van der Waals surface area contributed by atoms with Crippen molar-refractivity contribution in [2.24, 2.45) is 17.3 Å². The van der Waals surface area contributed by atoms with Gasteiger partial charge in [-0.1, -0.05) is 65.2 Å². The van der Waals surface area contributed by atoms with Crippen LogP contribution in [0.4, 0.5) is 9.59 Å². The molecule has 54 heavy (non-hydrogen) atoms. The minimum absolute atomic E-state index is 0.0503. The molecule has 3 aliphatic heterocycles. The lowest BCUT2D eigenvalue weighted by molar-refractivity contribution is -0.143. The van der Waals surface area contributed by atoms with Crippen LogP contribution in [0.25, 0.3) is 0 Å². The highest BCUT2D eigenvalue weighted by atomic mass is 32.2. The Balaban J connectivity index is 1.16. The first-order chi connectivity index (χ1) is 25.4. The summed E-state index contributed by atoms with van der Waals surface area (Å²) < 4.78 is 39.6. The van der Waals surface area contributed by atoms with Crippen LogP contribution in [0, 0.1) is 17.3 Å². The normalized spacial score (nSPS) is 33.1. The summed E-state index contributed by atoms with van der Waals surface area (Å²) in [6.45, 7) is 9.85. The van der Waals surface area contributed by atoms with E-state index in [1.54, 1.807) is 25.7 Å². The summed E-state index contributed by atoms with van der Waals surface area (Å²) in [7, 11) is -3.88. The molecule has 296 valence electrons. The molecule has 3 saturated carbocycles. The molecule has 3 N–H and O–H groups in total. The van der Waals surface area contributed by atoms with E-state index in [0.29, 0.717) is 32.4 Å². The summed E-state index contributed by atoms with van der Waals surface area (Å²) in [6.07, 6.45) is 5.11. The van der Waals surface area contributed by atoms with E-state index < -0.39 is 79.9 Å². The monoisotopic (exact) mass is 769 g/mol. The third-order valence-corrected chi connectivity index (χ3v) is 14.4. The van der Waals surface area contributed by atoms with Crippen molar-refractivity contribution in [3.63, 3.8) is 0 Å². The molecule has 5 amide bonds. The van der Waals surface area contributed by atoms with Crippen LogP contribution >= 0.6 is 0 Å². The Morgan fingerprint density at radius 3 is 2.44 bits per heavy atom. The second-order valence-electron chi connectivity index (χ2n) is 17.8. The molecule has 4 bridgehead atoms. The molecule has 1 aromatic carbocycles. The van der Waals surface area contributed by atoms with E-state index in [9.17, 15) is 32.4 Å². The van der Waals surface area contributed by atoms with Crippen LogP contribution in [0.3, 0.4) is 0 Å². The molecule has 0 unspecified atom stereocenters. The van der Waals surface area contributed by atoms with E-state index in [0.717, 1.165) is 49.7 Å². The topological polar surface area (TPSA) is 181 Å². The Hall–Kier alpha value is -3.88. The molecule has 7 rings (SSSR count). The van der Waals surface area contributed by atoms with Gasteiger partial charge in [-0.25, -0.2) is 18.0 Å². The van der Waals surface area contributed by atoms with Gasteiger partial charge in [-0.05, 0) is 79.9 Å². The number of alkyl carbamates (subject to hydrolysis) is 1. The average Bonchev–Trinajstić information content (AvgIpc) is 4.05. The van der Waals surface area contributed by atoms with Gasteiger partial charge in [0.25, 0.3) is 5.91 Å². The lowest BCUT2D eigenvalue weighted by Gasteiger charge is -2.35. The van der Waals surface area contributed by atoms with E-state index in [-0.39, 0.29) is 31.2 Å². The Bertz CT molecular complexity index is 1830. The first-order valence-electron chi connectivity index (χ1n) is 19.7. The number of hydrogen-bond acceptors (Lipinski definition) is 9. The number of carbonyl (C=O) groups is 5. The van der Waals surface area contributed by atoms with Crippen LogP contribution in [-0.4, -0.2) is 89.2 Å². The summed E-state index contributed by atoms with van der Waals surface area (Å²) in [6, 6.07) is 3.87. The molecule has 4 fully saturated rings. The molecule has 1 saturated heterocycles. The van der Waals surface area contributed by atoms with Crippen LogP contribution in [0.5, 0.6) is 0 Å². The maximum Gasteiger partial charge on any atom is 0.410 e. The number of nitrogens with zero attached hydrogens (tertiary/aromatic N) is 2. The van der Waals surface area contributed by atoms with Gasteiger partial charge in [-0.3, -0.25) is 24.0 Å². The molecular weight excluding hydrogens is 715 g/mol. The molecule has 1 aromatic rings. The smallest absolute Gasteiger partial charge is 0.410 e. The van der Waals surface area contributed by atoms with Crippen molar-refractivity contribution in [2.45, 2.75) is 153 Å². The number of aryl methyl sites for hydroxylation is 1. The zero-order chi connectivity index (χ0) is 38.8. The highest BCUT2D eigenvalue weighted by Gasteiger charge is 2.62. The lowest BCUT2D eigenvalue weighted by atomic mass is 9.85. The minimum Gasteiger partial charge on any atom is -0.444 e. The second-order valence-corrected chi connectivity index (χ2v) is 19.7. The third-order valence-electron chi connectivity index (χ3n) is 12.6. The standard InChI is InChI=1S/C39H55N5O9S/c1-6-25-19-39(25,34(47)42-54(50,51)28-15-16-28)41-32(45)30-17-27-21-44(30)33(46)31(37(2,3)4)40-35(48)53-38(5)18-26(38)14-9-7-8-11-23-12-10-13-24-20-43(22-29(23)24)36(49)52-27/h10,12-13,25-28,30-31H,6-9,11,14-22H2,1-5H3,(H,40,48)(H,41,45)(H,42,47)/t25-,26-,27-,30+,31-,38-,39-/m1/s1. The zero-order valence-corrected chi connectivity index (χ0v) is 32.9. The molecule has 14 nitrogen and oxygen atoms in total. The minimum atomic E-state index is -3.88. The van der Waals surface area contributed by atoms with E-state index in [1.807, 2.05) is 26.0 Å². The summed E-state index contributed by atoms with van der Waals surface area (Å²) in [5, 5.41) is 5.02. The fraction of sp³-hybridized carbons (Fsp3) is 0.718. The van der Waals surface area contributed by atoms with Crippen molar-refractivity contribution >= 4 is 39.9 Å². The van der Waals surface area contributed by atoms with Gasteiger partial charge in [0.1, 0.15) is 29.3 Å². The van der Waals surface area contributed by atoms with Crippen molar-refractivity contribution in [1.29, 1.82) is 0 Å². The fourth-order valence-corrected chi connectivity index (χ4v) is 10.1. The van der Waals surface area contributed by atoms with E-state index >= 15 is 0 Å². The number of benzene rings is 1. The fourth-order valence-electron chi connectivity index (χ4n) is 8.76. The van der Waals surface area contributed by atoms with Gasteiger partial charge in [0, 0.05) is 25.4 Å². The van der Waals surface area contributed by atoms with E-state index in [1.165, 1.54) is 10.5 Å². The highest BCUT2D eigenvalue weighted by Crippen LogP contribution is 2.50. The molecular formula is C39H55N5O9S. The number of amides is 5. The van der Waals surface area contributed by atoms with Crippen LogP contribution < -0.4 is 15.4 Å². The Morgan fingerprint density at radius 2 is 1.76 bits per heavy atom. The van der Waals surface area contributed by atoms with Gasteiger partial charge in [-0.15, -0.1) is 0 Å². The van der Waals surface area contributed by atoms with Crippen molar-refractivity contribution in [1.82, 2.24) is 25.2 Å². The number of nitrogens with one attached hydrogen (secondary N) is 3. The van der Waals surface area contributed by atoms with Crippen LogP contribution in [-0.2, 0) is 53.4 Å². The number of ether oxygens (including phenoxy) is 2. The van der Waals surface area contributed by atoms with E-state index in [2.05, 4.69) is 21.4 Å². The van der Waals surface area contributed by atoms with Crippen molar-refractivity contribution < 1.29 is 41.9 Å². The molecule has 15 heteroatoms.